The predicted molar refractivity (Wildman–Crippen MR) is 65.2 cm³/mol. The van der Waals surface area contributed by atoms with Gasteiger partial charge in [0, 0.05) is 32.6 Å². The van der Waals surface area contributed by atoms with Crippen LogP contribution >= 0.6 is 0 Å². The molecule has 1 fully saturated rings. The second kappa shape index (κ2) is 6.35. The van der Waals surface area contributed by atoms with Crippen molar-refractivity contribution in [2.24, 2.45) is 10.7 Å². The van der Waals surface area contributed by atoms with E-state index >= 15 is 0 Å². The maximum Gasteiger partial charge on any atom is 0.217 e. The van der Waals surface area contributed by atoms with Gasteiger partial charge in [0.25, 0.3) is 0 Å². The molecule has 3 N–H and O–H groups in total. The van der Waals surface area contributed by atoms with Gasteiger partial charge in [-0.05, 0) is 19.3 Å². The molecule has 1 saturated heterocycles. The fourth-order valence-corrected chi connectivity index (χ4v) is 1.87. The van der Waals surface area contributed by atoms with Crippen LogP contribution in [0.15, 0.2) is 4.99 Å². The van der Waals surface area contributed by atoms with Crippen LogP contribution in [0.5, 0.6) is 0 Å². The molecule has 0 bridgehead atoms. The van der Waals surface area contributed by atoms with Gasteiger partial charge in [-0.3, -0.25) is 9.79 Å². The highest BCUT2D eigenvalue weighted by atomic mass is 16.1. The first-order chi connectivity index (χ1) is 7.63. The van der Waals surface area contributed by atoms with Crippen molar-refractivity contribution in [1.82, 2.24) is 10.2 Å². The molecule has 0 radical (unpaired) electrons. The molecule has 92 valence electrons. The van der Waals surface area contributed by atoms with E-state index in [-0.39, 0.29) is 5.91 Å². The van der Waals surface area contributed by atoms with E-state index in [1.807, 2.05) is 0 Å². The van der Waals surface area contributed by atoms with Crippen LogP contribution in [0.4, 0.5) is 0 Å². The fraction of sp³-hybridized carbons (Fsp3) is 0.818. The average molecular weight is 226 g/mol. The molecule has 1 aliphatic heterocycles. The number of nitrogens with one attached hydrogen (secondary N) is 1. The Labute approximate surface area is 97.1 Å². The molecule has 0 saturated carbocycles. The van der Waals surface area contributed by atoms with Crippen LogP contribution in [-0.2, 0) is 4.79 Å². The van der Waals surface area contributed by atoms with Crippen LogP contribution in [0.25, 0.3) is 0 Å². The first kappa shape index (κ1) is 12.8. The standard InChI is InChI=1S/C11H22N4O/c1-3-6-13-11(12)15-7-4-10(5-8-15)14-9(2)16/h10H,3-8H2,1-2H3,(H2,12,13)(H,14,16). The van der Waals surface area contributed by atoms with E-state index in [1.54, 1.807) is 6.92 Å². The number of carbonyl (C=O) groups excluding carboxylic acids is 1. The molecule has 0 unspecified atom stereocenters. The number of amides is 1. The summed E-state index contributed by atoms with van der Waals surface area (Å²) in [5, 5.41) is 2.94. The van der Waals surface area contributed by atoms with Gasteiger partial charge in [0.2, 0.25) is 5.91 Å². The Morgan fingerprint density at radius 3 is 2.62 bits per heavy atom. The number of likely N-dealkylation sites (tertiary alicyclic amines) is 1. The highest BCUT2D eigenvalue weighted by Gasteiger charge is 2.20. The van der Waals surface area contributed by atoms with Crippen LogP contribution in [0.2, 0.25) is 0 Å². The Morgan fingerprint density at radius 1 is 1.50 bits per heavy atom. The fourth-order valence-electron chi connectivity index (χ4n) is 1.87. The summed E-state index contributed by atoms with van der Waals surface area (Å²) in [6.45, 7) is 6.19. The molecule has 1 rings (SSSR count). The van der Waals surface area contributed by atoms with Crippen LogP contribution in [-0.4, -0.2) is 42.4 Å². The quantitative estimate of drug-likeness (QED) is 0.537. The number of hydrogen-bond donors (Lipinski definition) is 2. The molecule has 5 nitrogen and oxygen atoms in total. The van der Waals surface area contributed by atoms with Crippen LogP contribution in [0, 0.1) is 0 Å². The molecule has 0 aromatic carbocycles. The van der Waals surface area contributed by atoms with Crippen molar-refractivity contribution >= 4 is 11.9 Å². The molecule has 0 spiro atoms. The van der Waals surface area contributed by atoms with E-state index in [1.165, 1.54) is 0 Å². The zero-order valence-electron chi connectivity index (χ0n) is 10.2. The number of nitrogens with zero attached hydrogens (tertiary/aromatic N) is 2. The Hall–Kier alpha value is -1.26. The van der Waals surface area contributed by atoms with Crippen molar-refractivity contribution in [1.29, 1.82) is 0 Å². The maximum atomic E-state index is 10.9. The third kappa shape index (κ3) is 4.08. The smallest absolute Gasteiger partial charge is 0.217 e. The SMILES string of the molecule is CCCN=C(N)N1CCC(NC(C)=O)CC1. The van der Waals surface area contributed by atoms with E-state index < -0.39 is 0 Å². The summed E-state index contributed by atoms with van der Waals surface area (Å²) < 4.78 is 0. The van der Waals surface area contributed by atoms with Crippen LogP contribution in [0.3, 0.4) is 0 Å². The van der Waals surface area contributed by atoms with Gasteiger partial charge in [0.15, 0.2) is 5.96 Å². The molecule has 0 aromatic heterocycles. The molecular formula is C11H22N4O. The highest BCUT2D eigenvalue weighted by molar-refractivity contribution is 5.78. The van der Waals surface area contributed by atoms with Gasteiger partial charge in [-0.25, -0.2) is 0 Å². The molecule has 1 aliphatic rings. The summed E-state index contributed by atoms with van der Waals surface area (Å²) in [4.78, 5) is 17.3. The third-order valence-electron chi connectivity index (χ3n) is 2.72. The number of nitrogens with two attached hydrogens (primary N) is 1. The first-order valence-electron chi connectivity index (χ1n) is 5.95. The number of piperidine rings is 1. The van der Waals surface area contributed by atoms with E-state index in [9.17, 15) is 4.79 Å². The molecular weight excluding hydrogens is 204 g/mol. The largest absolute Gasteiger partial charge is 0.370 e. The lowest BCUT2D eigenvalue weighted by atomic mass is 10.1. The van der Waals surface area contributed by atoms with E-state index in [2.05, 4.69) is 22.1 Å². The van der Waals surface area contributed by atoms with Gasteiger partial charge < -0.3 is 16.0 Å². The summed E-state index contributed by atoms with van der Waals surface area (Å²) in [6.07, 6.45) is 2.91. The second-order valence-electron chi connectivity index (χ2n) is 4.20. The number of hydrogen-bond acceptors (Lipinski definition) is 2. The molecule has 0 aliphatic carbocycles. The molecule has 1 heterocycles. The van der Waals surface area contributed by atoms with Gasteiger partial charge in [0.05, 0.1) is 0 Å². The molecule has 16 heavy (non-hydrogen) atoms. The Balaban J connectivity index is 2.33. The van der Waals surface area contributed by atoms with Gasteiger partial charge in [0.1, 0.15) is 0 Å². The second-order valence-corrected chi connectivity index (χ2v) is 4.20. The van der Waals surface area contributed by atoms with Gasteiger partial charge in [-0.15, -0.1) is 0 Å². The maximum absolute atomic E-state index is 10.9. The number of rotatable bonds is 3. The summed E-state index contributed by atoms with van der Waals surface area (Å²) in [7, 11) is 0. The van der Waals surface area contributed by atoms with Crippen molar-refractivity contribution in [3.8, 4) is 0 Å². The lowest BCUT2D eigenvalue weighted by molar-refractivity contribution is -0.119. The summed E-state index contributed by atoms with van der Waals surface area (Å²) in [6, 6.07) is 0.299. The van der Waals surface area contributed by atoms with E-state index in [4.69, 9.17) is 5.73 Å². The third-order valence-corrected chi connectivity index (χ3v) is 2.72. The summed E-state index contributed by atoms with van der Waals surface area (Å²) >= 11 is 0. The highest BCUT2D eigenvalue weighted by Crippen LogP contribution is 2.09. The average Bonchev–Trinajstić information content (AvgIpc) is 2.26. The summed E-state index contributed by atoms with van der Waals surface area (Å²) in [5.74, 6) is 0.689. The molecule has 0 aromatic rings. The molecule has 0 atom stereocenters. The monoisotopic (exact) mass is 226 g/mol. The van der Waals surface area contributed by atoms with Crippen LogP contribution < -0.4 is 11.1 Å². The zero-order valence-corrected chi connectivity index (χ0v) is 10.2. The zero-order chi connectivity index (χ0) is 12.0. The number of aliphatic imine (C=N–C) groups is 1. The van der Waals surface area contributed by atoms with E-state index in [0.717, 1.165) is 38.9 Å². The van der Waals surface area contributed by atoms with Crippen molar-refractivity contribution < 1.29 is 4.79 Å². The van der Waals surface area contributed by atoms with Crippen molar-refractivity contribution in [2.45, 2.75) is 39.2 Å². The lowest BCUT2D eigenvalue weighted by Gasteiger charge is -2.32. The Bertz CT molecular complexity index is 257. The Morgan fingerprint density at radius 2 is 2.12 bits per heavy atom. The molecule has 1 amide bonds. The van der Waals surface area contributed by atoms with E-state index in [0.29, 0.717) is 12.0 Å². The van der Waals surface area contributed by atoms with Crippen molar-refractivity contribution in [2.75, 3.05) is 19.6 Å². The first-order valence-corrected chi connectivity index (χ1v) is 5.95. The van der Waals surface area contributed by atoms with Gasteiger partial charge in [-0.2, -0.15) is 0 Å². The minimum absolute atomic E-state index is 0.0473. The van der Waals surface area contributed by atoms with Crippen LogP contribution in [0.1, 0.15) is 33.1 Å². The normalized spacial score (nSPS) is 18.6. The topological polar surface area (TPSA) is 70.7 Å². The van der Waals surface area contributed by atoms with Crippen molar-refractivity contribution in [3.63, 3.8) is 0 Å². The van der Waals surface area contributed by atoms with Gasteiger partial charge >= 0.3 is 0 Å². The minimum Gasteiger partial charge on any atom is -0.370 e. The minimum atomic E-state index is 0.0473. The summed E-state index contributed by atoms with van der Waals surface area (Å²) in [5.41, 5.74) is 5.87. The Kier molecular flexibility index (Phi) is 5.08. The number of guanidine groups is 1. The number of carbonyl (C=O) groups is 1. The lowest BCUT2D eigenvalue weighted by Crippen LogP contribution is -2.48. The predicted octanol–water partition coefficient (Wildman–Crippen LogP) is 0.312. The molecule has 5 heteroatoms. The van der Waals surface area contributed by atoms with Crippen molar-refractivity contribution in [3.05, 3.63) is 0 Å². The van der Waals surface area contributed by atoms with Gasteiger partial charge in [-0.1, -0.05) is 6.92 Å².